The number of hydrogen-bond acceptors (Lipinski definition) is 5. The van der Waals surface area contributed by atoms with Gasteiger partial charge in [-0.2, -0.15) is 0 Å². The number of pyridine rings is 1. The highest BCUT2D eigenvalue weighted by atomic mass is 35.5. The number of nitrogens with zero attached hydrogens (tertiary/aromatic N) is 2. The predicted molar refractivity (Wildman–Crippen MR) is 101 cm³/mol. The SMILES string of the molecule is COc1ccc(-c2nc(NC(=O)c3nc(Cl)ccc3Cl)sc2C)cc1. The van der Waals surface area contributed by atoms with Crippen molar-refractivity contribution >= 4 is 45.6 Å². The first-order chi connectivity index (χ1) is 12.0. The molecule has 3 aromatic rings. The molecule has 0 atom stereocenters. The number of methoxy groups -OCH3 is 1. The molecule has 0 saturated heterocycles. The molecule has 1 amide bonds. The summed E-state index contributed by atoms with van der Waals surface area (Å²) >= 11 is 13.2. The molecule has 0 aliphatic heterocycles. The second-order valence-electron chi connectivity index (χ2n) is 5.07. The zero-order valence-electron chi connectivity index (χ0n) is 13.3. The average molecular weight is 394 g/mol. The topological polar surface area (TPSA) is 64.1 Å². The molecule has 1 aromatic carbocycles. The van der Waals surface area contributed by atoms with Crippen molar-refractivity contribution in [1.82, 2.24) is 9.97 Å². The van der Waals surface area contributed by atoms with E-state index in [0.717, 1.165) is 21.9 Å². The maximum absolute atomic E-state index is 12.4. The number of rotatable bonds is 4. The second-order valence-corrected chi connectivity index (χ2v) is 7.07. The lowest BCUT2D eigenvalue weighted by Gasteiger charge is -2.03. The van der Waals surface area contributed by atoms with Gasteiger partial charge in [0, 0.05) is 10.4 Å². The van der Waals surface area contributed by atoms with Crippen molar-refractivity contribution in [3.8, 4) is 17.0 Å². The van der Waals surface area contributed by atoms with Crippen LogP contribution in [-0.2, 0) is 0 Å². The van der Waals surface area contributed by atoms with Gasteiger partial charge in [-0.25, -0.2) is 9.97 Å². The molecule has 5 nitrogen and oxygen atoms in total. The van der Waals surface area contributed by atoms with Gasteiger partial charge in [0.05, 0.1) is 17.8 Å². The first kappa shape index (κ1) is 17.7. The fraction of sp³-hybridized carbons (Fsp3) is 0.118. The van der Waals surface area contributed by atoms with Crippen LogP contribution in [0.5, 0.6) is 5.75 Å². The van der Waals surface area contributed by atoms with Crippen molar-refractivity contribution in [1.29, 1.82) is 0 Å². The lowest BCUT2D eigenvalue weighted by atomic mass is 10.1. The molecule has 2 heterocycles. The largest absolute Gasteiger partial charge is 0.497 e. The van der Waals surface area contributed by atoms with E-state index in [1.807, 2.05) is 31.2 Å². The molecule has 0 fully saturated rings. The zero-order valence-corrected chi connectivity index (χ0v) is 15.7. The molecular formula is C17H13Cl2N3O2S. The van der Waals surface area contributed by atoms with Crippen LogP contribution in [0.25, 0.3) is 11.3 Å². The Morgan fingerprint density at radius 2 is 1.84 bits per heavy atom. The van der Waals surface area contributed by atoms with Crippen LogP contribution in [0.15, 0.2) is 36.4 Å². The van der Waals surface area contributed by atoms with Gasteiger partial charge in [0.2, 0.25) is 0 Å². The summed E-state index contributed by atoms with van der Waals surface area (Å²) in [5.41, 5.74) is 1.80. The number of benzene rings is 1. The molecule has 25 heavy (non-hydrogen) atoms. The number of amides is 1. The number of carbonyl (C=O) groups excluding carboxylic acids is 1. The van der Waals surface area contributed by atoms with Crippen LogP contribution in [0.3, 0.4) is 0 Å². The highest BCUT2D eigenvalue weighted by molar-refractivity contribution is 7.16. The first-order valence-electron chi connectivity index (χ1n) is 7.23. The predicted octanol–water partition coefficient (Wildman–Crippen LogP) is 5.08. The van der Waals surface area contributed by atoms with Gasteiger partial charge >= 0.3 is 0 Å². The Bertz CT molecular complexity index is 926. The summed E-state index contributed by atoms with van der Waals surface area (Å²) in [5.74, 6) is 0.314. The number of halogens is 2. The number of hydrogen-bond donors (Lipinski definition) is 1. The first-order valence-corrected chi connectivity index (χ1v) is 8.80. The molecule has 0 unspecified atom stereocenters. The maximum atomic E-state index is 12.4. The monoisotopic (exact) mass is 393 g/mol. The second kappa shape index (κ2) is 7.39. The summed E-state index contributed by atoms with van der Waals surface area (Å²) in [6.07, 6.45) is 0. The van der Waals surface area contributed by atoms with E-state index >= 15 is 0 Å². The van der Waals surface area contributed by atoms with Crippen LogP contribution in [0.1, 0.15) is 15.4 Å². The number of thiazole rings is 1. The number of nitrogens with one attached hydrogen (secondary N) is 1. The minimum absolute atomic E-state index is 0.0630. The Kier molecular flexibility index (Phi) is 5.22. The summed E-state index contributed by atoms with van der Waals surface area (Å²) in [5, 5.41) is 3.61. The Labute approximate surface area is 158 Å². The van der Waals surface area contributed by atoms with Crippen molar-refractivity contribution in [3.63, 3.8) is 0 Å². The number of carbonyl (C=O) groups is 1. The van der Waals surface area contributed by atoms with Crippen molar-refractivity contribution in [2.24, 2.45) is 0 Å². The van der Waals surface area contributed by atoms with E-state index in [2.05, 4.69) is 15.3 Å². The molecule has 0 saturated carbocycles. The van der Waals surface area contributed by atoms with E-state index in [9.17, 15) is 4.79 Å². The lowest BCUT2D eigenvalue weighted by molar-refractivity contribution is 0.102. The Balaban J connectivity index is 1.84. The highest BCUT2D eigenvalue weighted by Crippen LogP contribution is 2.31. The van der Waals surface area contributed by atoms with Crippen molar-refractivity contribution in [2.75, 3.05) is 12.4 Å². The summed E-state index contributed by atoms with van der Waals surface area (Å²) in [6, 6.07) is 10.6. The van der Waals surface area contributed by atoms with Gasteiger partial charge in [0.1, 0.15) is 16.6 Å². The molecule has 8 heteroatoms. The third kappa shape index (κ3) is 3.92. The van der Waals surface area contributed by atoms with Crippen molar-refractivity contribution in [3.05, 3.63) is 57.1 Å². The van der Waals surface area contributed by atoms with E-state index < -0.39 is 5.91 Å². The third-order valence-corrected chi connectivity index (χ3v) is 4.81. The van der Waals surface area contributed by atoms with Gasteiger partial charge in [-0.1, -0.05) is 23.2 Å². The van der Waals surface area contributed by atoms with Crippen LogP contribution in [-0.4, -0.2) is 23.0 Å². The molecule has 3 rings (SSSR count). The molecule has 0 aliphatic rings. The van der Waals surface area contributed by atoms with E-state index in [1.165, 1.54) is 23.5 Å². The smallest absolute Gasteiger partial charge is 0.277 e. The quantitative estimate of drug-likeness (QED) is 0.627. The van der Waals surface area contributed by atoms with Crippen LogP contribution >= 0.6 is 34.5 Å². The van der Waals surface area contributed by atoms with Crippen LogP contribution in [0.2, 0.25) is 10.2 Å². The fourth-order valence-electron chi connectivity index (χ4n) is 2.20. The van der Waals surface area contributed by atoms with Gasteiger partial charge in [0.25, 0.3) is 5.91 Å². The summed E-state index contributed by atoms with van der Waals surface area (Å²) in [6.45, 7) is 1.94. The van der Waals surface area contributed by atoms with Gasteiger partial charge in [0.15, 0.2) is 5.13 Å². The zero-order chi connectivity index (χ0) is 18.0. The highest BCUT2D eigenvalue weighted by Gasteiger charge is 2.17. The minimum Gasteiger partial charge on any atom is -0.497 e. The maximum Gasteiger partial charge on any atom is 0.277 e. The van der Waals surface area contributed by atoms with Crippen molar-refractivity contribution in [2.45, 2.75) is 6.92 Å². The molecule has 1 N–H and O–H groups in total. The van der Waals surface area contributed by atoms with Crippen molar-refractivity contribution < 1.29 is 9.53 Å². The summed E-state index contributed by atoms with van der Waals surface area (Å²) < 4.78 is 5.16. The third-order valence-electron chi connectivity index (χ3n) is 3.41. The van der Waals surface area contributed by atoms with Gasteiger partial charge < -0.3 is 4.74 Å². The van der Waals surface area contributed by atoms with Crippen LogP contribution in [0.4, 0.5) is 5.13 Å². The standard InChI is InChI=1S/C17H13Cl2N3O2S/c1-9-14(10-3-5-11(24-2)6-4-10)21-17(25-9)22-16(23)15-12(18)7-8-13(19)20-15/h3-8H,1-2H3,(H,21,22,23). The summed E-state index contributed by atoms with van der Waals surface area (Å²) in [4.78, 5) is 21.8. The molecule has 128 valence electrons. The van der Waals surface area contributed by atoms with Crippen LogP contribution < -0.4 is 10.1 Å². The number of ether oxygens (including phenoxy) is 1. The molecule has 0 radical (unpaired) electrons. The van der Waals surface area contributed by atoms with E-state index in [1.54, 1.807) is 7.11 Å². The fourth-order valence-corrected chi connectivity index (χ4v) is 3.37. The number of aryl methyl sites for hydroxylation is 1. The number of anilines is 1. The van der Waals surface area contributed by atoms with E-state index in [0.29, 0.717) is 5.13 Å². The molecule has 0 spiro atoms. The van der Waals surface area contributed by atoms with Gasteiger partial charge in [-0.15, -0.1) is 11.3 Å². The van der Waals surface area contributed by atoms with E-state index in [-0.39, 0.29) is 15.9 Å². The van der Waals surface area contributed by atoms with Gasteiger partial charge in [-0.3, -0.25) is 10.1 Å². The minimum atomic E-state index is -0.456. The van der Waals surface area contributed by atoms with Crippen LogP contribution in [0, 0.1) is 6.92 Å². The molecular weight excluding hydrogens is 381 g/mol. The average Bonchev–Trinajstić information content (AvgIpc) is 2.97. The number of aromatic nitrogens is 2. The lowest BCUT2D eigenvalue weighted by Crippen LogP contribution is -2.14. The molecule has 2 aromatic heterocycles. The summed E-state index contributed by atoms with van der Waals surface area (Å²) in [7, 11) is 1.62. The van der Waals surface area contributed by atoms with Gasteiger partial charge in [-0.05, 0) is 43.3 Å². The Hall–Kier alpha value is -2.15. The molecule has 0 aliphatic carbocycles. The normalized spacial score (nSPS) is 10.6. The Morgan fingerprint density at radius 3 is 2.52 bits per heavy atom. The van der Waals surface area contributed by atoms with E-state index in [4.69, 9.17) is 27.9 Å². The Morgan fingerprint density at radius 1 is 1.12 bits per heavy atom. The molecule has 0 bridgehead atoms.